The fourth-order valence-corrected chi connectivity index (χ4v) is 5.53. The van der Waals surface area contributed by atoms with Gasteiger partial charge in [-0.1, -0.05) is 24.6 Å². The summed E-state index contributed by atoms with van der Waals surface area (Å²) in [7, 11) is 0.938. The fourth-order valence-electron chi connectivity index (χ4n) is 4.01. The second kappa shape index (κ2) is 10.3. The number of ether oxygens (including phenoxy) is 2. The smallest absolute Gasteiger partial charge is 0.161 e. The van der Waals surface area contributed by atoms with Crippen LogP contribution in [0.15, 0.2) is 41.3 Å². The third kappa shape index (κ3) is 5.56. The summed E-state index contributed by atoms with van der Waals surface area (Å²) in [5, 5.41) is 0. The van der Waals surface area contributed by atoms with Crippen LogP contribution in [0.3, 0.4) is 0 Å². The van der Waals surface area contributed by atoms with Gasteiger partial charge in [0.1, 0.15) is 0 Å². The minimum atomic E-state index is -2.43. The first kappa shape index (κ1) is 22.7. The summed E-state index contributed by atoms with van der Waals surface area (Å²) < 4.78 is 26.9. The van der Waals surface area contributed by atoms with Crippen molar-refractivity contribution in [1.29, 1.82) is 0 Å². The van der Waals surface area contributed by atoms with E-state index in [4.69, 9.17) is 9.47 Å². The van der Waals surface area contributed by atoms with Crippen molar-refractivity contribution in [3.05, 3.63) is 53.1 Å². The third-order valence-corrected chi connectivity index (χ3v) is 7.57. The lowest BCUT2D eigenvalue weighted by Gasteiger charge is -2.29. The van der Waals surface area contributed by atoms with E-state index in [9.17, 15) is 4.21 Å². The molecule has 5 nitrogen and oxygen atoms in total. The van der Waals surface area contributed by atoms with Gasteiger partial charge >= 0.3 is 0 Å². The molecular formula is C24H34N2O3S. The molecule has 1 atom stereocenters. The van der Waals surface area contributed by atoms with E-state index in [1.807, 2.05) is 31.2 Å². The van der Waals surface area contributed by atoms with Gasteiger partial charge in [0.2, 0.25) is 0 Å². The lowest BCUT2D eigenvalue weighted by molar-refractivity contribution is 0.247. The lowest BCUT2D eigenvalue weighted by atomic mass is 9.98. The van der Waals surface area contributed by atoms with Crippen molar-refractivity contribution in [3.63, 3.8) is 0 Å². The molecule has 1 aliphatic rings. The highest BCUT2D eigenvalue weighted by Crippen LogP contribution is 2.33. The Balaban J connectivity index is 1.41. The Morgan fingerprint density at radius 3 is 2.47 bits per heavy atom. The van der Waals surface area contributed by atoms with Gasteiger partial charge in [-0.2, -0.15) is 0 Å². The largest absolute Gasteiger partial charge is 0.493 e. The molecule has 2 aromatic rings. The Labute approximate surface area is 181 Å². The van der Waals surface area contributed by atoms with Crippen LogP contribution in [0.5, 0.6) is 11.5 Å². The summed E-state index contributed by atoms with van der Waals surface area (Å²) in [6.07, 6.45) is 4.27. The molecule has 0 aliphatic carbocycles. The van der Waals surface area contributed by atoms with Crippen LogP contribution in [0.25, 0.3) is 0 Å². The van der Waals surface area contributed by atoms with E-state index in [2.05, 4.69) is 27.6 Å². The molecule has 164 valence electrons. The standard InChI is InChI=1S/C24H34N2O3S/c1-19-10-6-7-11-24(19)30(4,27)25-13-8-5-9-14-26-15-12-20-16-22(28-2)23(29-3)17-21(20)18-26/h6-7,10-11,16-17H,4-5,8-9,12-15,18H2,1-3H3,(H,25,27). The molecule has 6 heteroatoms. The minimum absolute atomic E-state index is 0.719. The first-order chi connectivity index (χ1) is 14.4. The van der Waals surface area contributed by atoms with E-state index in [-0.39, 0.29) is 0 Å². The summed E-state index contributed by atoms with van der Waals surface area (Å²) in [5.41, 5.74) is 3.70. The molecule has 1 unspecified atom stereocenters. The number of nitrogens with one attached hydrogen (secondary N) is 1. The zero-order valence-corrected chi connectivity index (χ0v) is 19.2. The first-order valence-corrected chi connectivity index (χ1v) is 12.3. The zero-order chi connectivity index (χ0) is 21.6. The number of nitrogens with zero attached hydrogens (tertiary/aromatic N) is 1. The van der Waals surface area contributed by atoms with Crippen LogP contribution in [0.2, 0.25) is 0 Å². The van der Waals surface area contributed by atoms with Gasteiger partial charge in [0.15, 0.2) is 11.5 Å². The normalized spacial score (nSPS) is 16.0. The third-order valence-electron chi connectivity index (χ3n) is 5.73. The molecule has 0 bridgehead atoms. The van der Waals surface area contributed by atoms with Crippen LogP contribution in [-0.2, 0) is 22.7 Å². The number of fused-ring (bicyclic) bond motifs is 1. The van der Waals surface area contributed by atoms with Crippen LogP contribution >= 0.6 is 0 Å². The van der Waals surface area contributed by atoms with Gasteiger partial charge in [-0.05, 0) is 73.5 Å². The van der Waals surface area contributed by atoms with E-state index >= 15 is 0 Å². The van der Waals surface area contributed by atoms with Crippen molar-refractivity contribution in [3.8, 4) is 11.5 Å². The first-order valence-electron chi connectivity index (χ1n) is 10.6. The van der Waals surface area contributed by atoms with Gasteiger partial charge in [-0.3, -0.25) is 4.90 Å². The van der Waals surface area contributed by atoms with Gasteiger partial charge in [-0.25, -0.2) is 8.93 Å². The van der Waals surface area contributed by atoms with Crippen molar-refractivity contribution in [1.82, 2.24) is 9.62 Å². The van der Waals surface area contributed by atoms with Crippen molar-refractivity contribution < 1.29 is 13.7 Å². The van der Waals surface area contributed by atoms with Crippen LogP contribution in [0.1, 0.15) is 36.0 Å². The lowest BCUT2D eigenvalue weighted by Crippen LogP contribution is -2.31. The number of hydrogen-bond donors (Lipinski definition) is 1. The van der Waals surface area contributed by atoms with Gasteiger partial charge in [0.25, 0.3) is 0 Å². The molecule has 30 heavy (non-hydrogen) atoms. The Morgan fingerprint density at radius 1 is 1.07 bits per heavy atom. The van der Waals surface area contributed by atoms with Gasteiger partial charge in [-0.15, -0.1) is 0 Å². The maximum absolute atomic E-state index is 12.9. The van der Waals surface area contributed by atoms with Crippen LogP contribution in [0.4, 0.5) is 0 Å². The molecule has 2 aromatic carbocycles. The number of hydrogen-bond acceptors (Lipinski definition) is 4. The number of methoxy groups -OCH3 is 2. The highest BCUT2D eigenvalue weighted by Gasteiger charge is 2.19. The maximum atomic E-state index is 12.9. The van der Waals surface area contributed by atoms with Crippen molar-refractivity contribution in [2.24, 2.45) is 0 Å². The number of aryl methyl sites for hydroxylation is 1. The monoisotopic (exact) mass is 430 g/mol. The Morgan fingerprint density at radius 2 is 1.77 bits per heavy atom. The molecule has 3 rings (SSSR count). The Bertz CT molecular complexity index is 957. The summed E-state index contributed by atoms with van der Waals surface area (Å²) >= 11 is 0. The zero-order valence-electron chi connectivity index (χ0n) is 18.4. The highest BCUT2D eigenvalue weighted by molar-refractivity contribution is 7.98. The topological polar surface area (TPSA) is 50.8 Å². The van der Waals surface area contributed by atoms with E-state index in [0.29, 0.717) is 0 Å². The summed E-state index contributed by atoms with van der Waals surface area (Å²) in [6, 6.07) is 12.0. The molecule has 0 amide bonds. The quantitative estimate of drug-likeness (QED) is 0.460. The average molecular weight is 431 g/mol. The van der Waals surface area contributed by atoms with Crippen LogP contribution < -0.4 is 14.2 Å². The Kier molecular flexibility index (Phi) is 7.81. The number of rotatable bonds is 10. The second-order valence-electron chi connectivity index (χ2n) is 7.90. The average Bonchev–Trinajstić information content (AvgIpc) is 2.75. The van der Waals surface area contributed by atoms with Gasteiger partial charge < -0.3 is 9.47 Å². The molecule has 1 aliphatic heterocycles. The molecule has 0 spiro atoms. The summed E-state index contributed by atoms with van der Waals surface area (Å²) in [6.45, 7) is 5.79. The molecular weight excluding hydrogens is 396 g/mol. The van der Waals surface area contributed by atoms with Crippen LogP contribution in [-0.4, -0.2) is 48.8 Å². The Hall–Kier alpha value is -2.02. The SMILES string of the molecule is C=S(=O)(NCCCCCN1CCc2cc(OC)c(OC)cc2C1)c1ccccc1C. The molecule has 1 heterocycles. The predicted molar refractivity (Wildman–Crippen MR) is 125 cm³/mol. The molecule has 0 fully saturated rings. The molecule has 0 saturated heterocycles. The van der Waals surface area contributed by atoms with Crippen molar-refractivity contribution in [2.45, 2.75) is 44.0 Å². The highest BCUT2D eigenvalue weighted by atomic mass is 32.2. The molecule has 0 radical (unpaired) electrons. The molecule has 0 saturated carbocycles. The summed E-state index contributed by atoms with van der Waals surface area (Å²) in [5.74, 6) is 5.54. The molecule has 0 aromatic heterocycles. The van der Waals surface area contributed by atoms with Gasteiger partial charge in [0, 0.05) is 24.5 Å². The van der Waals surface area contributed by atoms with E-state index in [1.54, 1.807) is 14.2 Å². The van der Waals surface area contributed by atoms with E-state index in [1.165, 1.54) is 11.1 Å². The maximum Gasteiger partial charge on any atom is 0.161 e. The number of unbranched alkanes of at least 4 members (excludes halogenated alkanes) is 2. The fraction of sp³-hybridized carbons (Fsp3) is 0.458. The molecule has 1 N–H and O–H groups in total. The van der Waals surface area contributed by atoms with E-state index < -0.39 is 9.71 Å². The van der Waals surface area contributed by atoms with E-state index in [0.717, 1.165) is 73.8 Å². The minimum Gasteiger partial charge on any atom is -0.493 e. The van der Waals surface area contributed by atoms with Crippen LogP contribution in [0, 0.1) is 6.92 Å². The van der Waals surface area contributed by atoms with Crippen molar-refractivity contribution in [2.75, 3.05) is 33.9 Å². The van der Waals surface area contributed by atoms with Crippen molar-refractivity contribution >= 4 is 15.6 Å². The number of benzene rings is 2. The second-order valence-corrected chi connectivity index (χ2v) is 9.98. The predicted octanol–water partition coefficient (Wildman–Crippen LogP) is 3.82. The van der Waals surface area contributed by atoms with Gasteiger partial charge in [0.05, 0.1) is 23.9 Å². The summed E-state index contributed by atoms with van der Waals surface area (Å²) in [4.78, 5) is 3.31.